The van der Waals surface area contributed by atoms with Crippen LogP contribution in [0.3, 0.4) is 0 Å². The number of fused-ring (bicyclic) bond motifs is 3. The van der Waals surface area contributed by atoms with Crippen molar-refractivity contribution in [1.29, 1.82) is 0 Å². The molecule has 0 bridgehead atoms. The largest absolute Gasteiger partial charge is 0.548 e. The zero-order chi connectivity index (χ0) is 18.8. The summed E-state index contributed by atoms with van der Waals surface area (Å²) in [5, 5.41) is 11.3. The summed E-state index contributed by atoms with van der Waals surface area (Å²) in [7, 11) is 1.43. The predicted octanol–water partition coefficient (Wildman–Crippen LogP) is 2.64. The standard InChI is InChI=1S/C21H23NO4/c1-13(2)19(20(23)24)22(3)21(25)26-12-18-16-10-6-4-8-14(16)15-9-5-7-11-17(15)18/h4-11,13,18-19H,12H2,1-3H3,(H,23,24)/p-1/t19-/m0/s1. The number of nitrogens with zero attached hydrogens (tertiary/aromatic N) is 1. The van der Waals surface area contributed by atoms with Gasteiger partial charge in [-0.15, -0.1) is 0 Å². The molecule has 0 radical (unpaired) electrons. The average molecular weight is 352 g/mol. The molecule has 0 aliphatic heterocycles. The van der Waals surface area contributed by atoms with Crippen molar-refractivity contribution in [2.45, 2.75) is 25.8 Å². The van der Waals surface area contributed by atoms with E-state index in [0.717, 1.165) is 27.2 Å². The summed E-state index contributed by atoms with van der Waals surface area (Å²) >= 11 is 0. The fourth-order valence-corrected chi connectivity index (χ4v) is 3.69. The van der Waals surface area contributed by atoms with E-state index in [9.17, 15) is 14.7 Å². The van der Waals surface area contributed by atoms with Crippen molar-refractivity contribution in [3.8, 4) is 11.1 Å². The van der Waals surface area contributed by atoms with E-state index in [1.165, 1.54) is 7.05 Å². The Morgan fingerprint density at radius 2 is 1.54 bits per heavy atom. The van der Waals surface area contributed by atoms with Crippen molar-refractivity contribution in [2.75, 3.05) is 13.7 Å². The Kier molecular flexibility index (Phi) is 4.98. The number of hydrogen-bond donors (Lipinski definition) is 0. The van der Waals surface area contributed by atoms with Crippen molar-refractivity contribution in [1.82, 2.24) is 4.90 Å². The molecule has 5 heteroatoms. The van der Waals surface area contributed by atoms with E-state index in [0.29, 0.717) is 0 Å². The minimum atomic E-state index is -1.28. The second-order valence-corrected chi connectivity index (χ2v) is 6.92. The van der Waals surface area contributed by atoms with Crippen molar-refractivity contribution < 1.29 is 19.4 Å². The van der Waals surface area contributed by atoms with Crippen LogP contribution in [0.1, 0.15) is 30.9 Å². The van der Waals surface area contributed by atoms with Gasteiger partial charge in [-0.1, -0.05) is 62.4 Å². The highest BCUT2D eigenvalue weighted by molar-refractivity contribution is 5.80. The minimum absolute atomic E-state index is 0.0554. The second kappa shape index (κ2) is 7.20. The Morgan fingerprint density at radius 1 is 1.04 bits per heavy atom. The van der Waals surface area contributed by atoms with Crippen LogP contribution in [0.2, 0.25) is 0 Å². The highest BCUT2D eigenvalue weighted by Gasteiger charge is 2.31. The maximum Gasteiger partial charge on any atom is 0.410 e. The van der Waals surface area contributed by atoms with Gasteiger partial charge in [0.2, 0.25) is 0 Å². The molecule has 136 valence electrons. The first kappa shape index (κ1) is 18.0. The molecule has 2 aromatic rings. The summed E-state index contributed by atoms with van der Waals surface area (Å²) in [6.07, 6.45) is -0.658. The topological polar surface area (TPSA) is 69.7 Å². The van der Waals surface area contributed by atoms with Crippen LogP contribution >= 0.6 is 0 Å². The molecule has 0 unspecified atom stereocenters. The molecule has 1 aliphatic carbocycles. The first-order valence-corrected chi connectivity index (χ1v) is 8.70. The van der Waals surface area contributed by atoms with Gasteiger partial charge < -0.3 is 19.5 Å². The molecule has 5 nitrogen and oxygen atoms in total. The smallest absolute Gasteiger partial charge is 0.410 e. The number of aliphatic carboxylic acids is 1. The van der Waals surface area contributed by atoms with Crippen molar-refractivity contribution in [3.63, 3.8) is 0 Å². The van der Waals surface area contributed by atoms with E-state index in [4.69, 9.17) is 4.74 Å². The molecule has 0 heterocycles. The molecule has 2 aromatic carbocycles. The number of likely N-dealkylation sites (N-methyl/N-ethyl adjacent to an activating group) is 1. The van der Waals surface area contributed by atoms with E-state index < -0.39 is 18.1 Å². The maximum atomic E-state index is 12.4. The lowest BCUT2D eigenvalue weighted by atomic mass is 9.98. The second-order valence-electron chi connectivity index (χ2n) is 6.92. The van der Waals surface area contributed by atoms with E-state index in [2.05, 4.69) is 12.1 Å². The van der Waals surface area contributed by atoms with Gasteiger partial charge in [0.1, 0.15) is 6.61 Å². The summed E-state index contributed by atoms with van der Waals surface area (Å²) < 4.78 is 5.48. The molecule has 0 aromatic heterocycles. The third kappa shape index (κ3) is 3.17. The normalized spacial score (nSPS) is 13.8. The zero-order valence-electron chi connectivity index (χ0n) is 15.1. The molecule has 0 spiro atoms. The van der Waals surface area contributed by atoms with Gasteiger partial charge >= 0.3 is 6.09 Å². The summed E-state index contributed by atoms with van der Waals surface area (Å²) in [6.45, 7) is 3.62. The lowest BCUT2D eigenvalue weighted by Crippen LogP contribution is -2.51. The highest BCUT2D eigenvalue weighted by Crippen LogP contribution is 2.44. The van der Waals surface area contributed by atoms with Crippen LogP contribution < -0.4 is 5.11 Å². The first-order valence-electron chi connectivity index (χ1n) is 8.70. The average Bonchev–Trinajstić information content (AvgIpc) is 2.93. The van der Waals surface area contributed by atoms with Crippen LogP contribution in [0.5, 0.6) is 0 Å². The van der Waals surface area contributed by atoms with Gasteiger partial charge in [-0.25, -0.2) is 4.79 Å². The van der Waals surface area contributed by atoms with Crippen molar-refractivity contribution >= 4 is 12.1 Å². The fourth-order valence-electron chi connectivity index (χ4n) is 3.69. The quantitative estimate of drug-likeness (QED) is 0.829. The summed E-state index contributed by atoms with van der Waals surface area (Å²) in [4.78, 5) is 24.8. The van der Waals surface area contributed by atoms with Crippen LogP contribution in [0.15, 0.2) is 48.5 Å². The SMILES string of the molecule is CC(C)[C@@H](C(=O)[O-])N(C)C(=O)OCC1c2ccccc2-c2ccccc21. The van der Waals surface area contributed by atoms with Crippen LogP contribution in [0, 0.1) is 5.92 Å². The molecule has 1 amide bonds. The minimum Gasteiger partial charge on any atom is -0.548 e. The van der Waals surface area contributed by atoms with E-state index in [1.807, 2.05) is 36.4 Å². The molecular formula is C21H22NO4-. The molecule has 0 fully saturated rings. The fraction of sp³-hybridized carbons (Fsp3) is 0.333. The zero-order valence-corrected chi connectivity index (χ0v) is 15.1. The van der Waals surface area contributed by atoms with Gasteiger partial charge in [0.15, 0.2) is 0 Å². The molecule has 0 N–H and O–H groups in total. The lowest BCUT2D eigenvalue weighted by molar-refractivity contribution is -0.312. The third-order valence-corrected chi connectivity index (χ3v) is 4.91. The summed E-state index contributed by atoms with van der Waals surface area (Å²) in [5.74, 6) is -1.61. The van der Waals surface area contributed by atoms with E-state index >= 15 is 0 Å². The highest BCUT2D eigenvalue weighted by atomic mass is 16.6. The molecule has 0 saturated carbocycles. The molecule has 1 aliphatic rings. The molecule has 0 saturated heterocycles. The van der Waals surface area contributed by atoms with Crippen LogP contribution in [-0.4, -0.2) is 36.7 Å². The van der Waals surface area contributed by atoms with E-state index in [-0.39, 0.29) is 18.4 Å². The number of carbonyl (C=O) groups is 2. The molecular weight excluding hydrogens is 330 g/mol. The number of ether oxygens (including phenoxy) is 1. The molecule has 26 heavy (non-hydrogen) atoms. The number of amides is 1. The van der Waals surface area contributed by atoms with Gasteiger partial charge in [0.05, 0.1) is 12.0 Å². The van der Waals surface area contributed by atoms with Gasteiger partial charge in [0, 0.05) is 13.0 Å². The Bertz CT molecular complexity index is 785. The Labute approximate surface area is 153 Å². The number of benzene rings is 2. The molecule has 3 rings (SSSR count). The van der Waals surface area contributed by atoms with Gasteiger partial charge in [-0.3, -0.25) is 0 Å². The number of carboxylic acid groups (broad SMARTS) is 1. The first-order chi connectivity index (χ1) is 12.4. The number of hydrogen-bond acceptors (Lipinski definition) is 4. The lowest BCUT2D eigenvalue weighted by Gasteiger charge is -2.31. The monoisotopic (exact) mass is 352 g/mol. The summed E-state index contributed by atoms with van der Waals surface area (Å²) in [6, 6.07) is 15.1. The number of rotatable bonds is 5. The Hall–Kier alpha value is -2.82. The summed E-state index contributed by atoms with van der Waals surface area (Å²) in [5.41, 5.74) is 4.52. The van der Waals surface area contributed by atoms with Crippen molar-refractivity contribution in [3.05, 3.63) is 59.7 Å². The van der Waals surface area contributed by atoms with Crippen LogP contribution in [-0.2, 0) is 9.53 Å². The van der Waals surface area contributed by atoms with Gasteiger partial charge in [-0.05, 0) is 28.2 Å². The van der Waals surface area contributed by atoms with Crippen molar-refractivity contribution in [2.24, 2.45) is 5.92 Å². The van der Waals surface area contributed by atoms with E-state index in [1.54, 1.807) is 13.8 Å². The Balaban J connectivity index is 1.78. The van der Waals surface area contributed by atoms with Crippen LogP contribution in [0.4, 0.5) is 4.79 Å². The van der Waals surface area contributed by atoms with Gasteiger partial charge in [-0.2, -0.15) is 0 Å². The molecule has 1 atom stereocenters. The van der Waals surface area contributed by atoms with Gasteiger partial charge in [0.25, 0.3) is 0 Å². The number of carboxylic acids is 1. The third-order valence-electron chi connectivity index (χ3n) is 4.91. The number of carbonyl (C=O) groups excluding carboxylic acids is 2. The van der Waals surface area contributed by atoms with Crippen LogP contribution in [0.25, 0.3) is 11.1 Å². The maximum absolute atomic E-state index is 12.4. The Morgan fingerprint density at radius 3 is 2.00 bits per heavy atom. The predicted molar refractivity (Wildman–Crippen MR) is 96.5 cm³/mol.